The van der Waals surface area contributed by atoms with Crippen LogP contribution in [0, 0.1) is 6.92 Å². The normalized spacial score (nSPS) is 22.6. The Morgan fingerprint density at radius 1 is 1.45 bits per heavy atom. The number of carbonyl (C=O) groups is 1. The molecule has 5 nitrogen and oxygen atoms in total. The van der Waals surface area contributed by atoms with E-state index in [0.29, 0.717) is 18.5 Å². The minimum absolute atomic E-state index is 0.0932. The number of nitrogens with zero attached hydrogens (tertiary/aromatic N) is 1. The van der Waals surface area contributed by atoms with Gasteiger partial charge in [-0.25, -0.2) is 0 Å². The van der Waals surface area contributed by atoms with Crippen LogP contribution >= 0.6 is 0 Å². The molecule has 106 valence electrons. The first-order chi connectivity index (χ1) is 9.54. The fraction of sp³-hybridized carbons (Fsp3) is 0.400. The van der Waals surface area contributed by atoms with Crippen molar-refractivity contribution in [1.29, 1.82) is 0 Å². The number of para-hydroxylation sites is 1. The number of H-pyrrole nitrogens is 1. The van der Waals surface area contributed by atoms with Crippen molar-refractivity contribution in [2.45, 2.75) is 18.9 Å². The molecule has 0 aliphatic carbocycles. The van der Waals surface area contributed by atoms with Crippen LogP contribution in [0.5, 0.6) is 0 Å². The number of aliphatic hydroxyl groups is 2. The number of nitrogens with one attached hydrogen (secondary N) is 1. The minimum Gasteiger partial charge on any atom is -0.393 e. The van der Waals surface area contributed by atoms with E-state index < -0.39 is 5.60 Å². The zero-order chi connectivity index (χ0) is 14.3. The maximum absolute atomic E-state index is 12.7. The highest BCUT2D eigenvalue weighted by Gasteiger charge is 2.38. The molecule has 1 fully saturated rings. The molecule has 1 aromatic heterocycles. The number of aromatic nitrogens is 1. The van der Waals surface area contributed by atoms with Crippen LogP contribution in [0.1, 0.15) is 22.5 Å². The van der Waals surface area contributed by atoms with Gasteiger partial charge in [-0.3, -0.25) is 4.79 Å². The Hall–Kier alpha value is -1.85. The van der Waals surface area contributed by atoms with Crippen molar-refractivity contribution in [2.75, 3.05) is 19.7 Å². The number of amides is 1. The summed E-state index contributed by atoms with van der Waals surface area (Å²) in [6.45, 7) is 2.21. The third-order valence-electron chi connectivity index (χ3n) is 4.02. The van der Waals surface area contributed by atoms with Crippen LogP contribution in [0.2, 0.25) is 0 Å². The Morgan fingerprint density at radius 3 is 2.90 bits per heavy atom. The molecule has 2 aromatic rings. The molecule has 0 saturated carbocycles. The number of fused-ring (bicyclic) bond motifs is 1. The van der Waals surface area contributed by atoms with Gasteiger partial charge in [0.25, 0.3) is 5.91 Å². The molecule has 1 aliphatic rings. The quantitative estimate of drug-likeness (QED) is 0.766. The highest BCUT2D eigenvalue weighted by molar-refractivity contribution is 6.08. The molecule has 1 amide bonds. The van der Waals surface area contributed by atoms with Gasteiger partial charge in [0.1, 0.15) is 5.60 Å². The summed E-state index contributed by atoms with van der Waals surface area (Å²) in [6, 6.07) is 7.68. The second-order valence-electron chi connectivity index (χ2n) is 5.53. The summed E-state index contributed by atoms with van der Waals surface area (Å²) in [7, 11) is 0. The number of hydrogen-bond acceptors (Lipinski definition) is 3. The predicted molar refractivity (Wildman–Crippen MR) is 75.6 cm³/mol. The SMILES string of the molecule is Cc1[nH]c2ccccc2c1C(=O)N1CCC(O)(CO)C1. The molecule has 1 atom stereocenters. The maximum atomic E-state index is 12.7. The first-order valence-corrected chi connectivity index (χ1v) is 6.74. The fourth-order valence-electron chi connectivity index (χ4n) is 2.87. The molecule has 0 bridgehead atoms. The first-order valence-electron chi connectivity index (χ1n) is 6.74. The number of aromatic amines is 1. The Kier molecular flexibility index (Phi) is 3.03. The third-order valence-corrected chi connectivity index (χ3v) is 4.02. The van der Waals surface area contributed by atoms with E-state index in [1.54, 1.807) is 4.90 Å². The van der Waals surface area contributed by atoms with Gasteiger partial charge in [-0.05, 0) is 19.4 Å². The lowest BCUT2D eigenvalue weighted by Crippen LogP contribution is -2.38. The van der Waals surface area contributed by atoms with Crippen LogP contribution in [0.25, 0.3) is 10.9 Å². The van der Waals surface area contributed by atoms with Crippen molar-refractivity contribution in [3.8, 4) is 0 Å². The molecule has 0 spiro atoms. The van der Waals surface area contributed by atoms with Crippen molar-refractivity contribution < 1.29 is 15.0 Å². The summed E-state index contributed by atoms with van der Waals surface area (Å²) in [5, 5.41) is 20.1. The molecule has 20 heavy (non-hydrogen) atoms. The second-order valence-corrected chi connectivity index (χ2v) is 5.53. The molecule has 1 aromatic carbocycles. The zero-order valence-corrected chi connectivity index (χ0v) is 11.4. The van der Waals surface area contributed by atoms with Crippen molar-refractivity contribution in [3.63, 3.8) is 0 Å². The van der Waals surface area contributed by atoms with Gasteiger partial charge < -0.3 is 20.1 Å². The number of aliphatic hydroxyl groups excluding tert-OH is 1. The zero-order valence-electron chi connectivity index (χ0n) is 11.4. The van der Waals surface area contributed by atoms with Crippen molar-refractivity contribution in [2.24, 2.45) is 0 Å². The average molecular weight is 274 g/mol. The van der Waals surface area contributed by atoms with Crippen molar-refractivity contribution in [1.82, 2.24) is 9.88 Å². The lowest BCUT2D eigenvalue weighted by molar-refractivity contribution is -0.00454. The average Bonchev–Trinajstić information content (AvgIpc) is 2.99. The standard InChI is InChI=1S/C15H18N2O3/c1-10-13(11-4-2-3-5-12(11)16-10)14(19)17-7-6-15(20,8-17)9-18/h2-5,16,18,20H,6-9H2,1H3. The van der Waals surface area contributed by atoms with Gasteiger partial charge in [-0.2, -0.15) is 0 Å². The van der Waals surface area contributed by atoms with Gasteiger partial charge >= 0.3 is 0 Å². The molecule has 1 aliphatic heterocycles. The van der Waals surface area contributed by atoms with Crippen LogP contribution in [0.3, 0.4) is 0 Å². The summed E-state index contributed by atoms with van der Waals surface area (Å²) in [5.41, 5.74) is 1.26. The molecule has 3 rings (SSSR count). The maximum Gasteiger partial charge on any atom is 0.256 e. The largest absolute Gasteiger partial charge is 0.393 e. The Morgan fingerprint density at radius 2 is 2.20 bits per heavy atom. The number of carbonyl (C=O) groups excluding carboxylic acids is 1. The van der Waals surface area contributed by atoms with E-state index in [-0.39, 0.29) is 19.1 Å². The van der Waals surface area contributed by atoms with Crippen LogP contribution in [0.4, 0.5) is 0 Å². The Balaban J connectivity index is 1.96. The van der Waals surface area contributed by atoms with E-state index in [2.05, 4.69) is 4.98 Å². The monoisotopic (exact) mass is 274 g/mol. The molecule has 2 heterocycles. The topological polar surface area (TPSA) is 76.6 Å². The summed E-state index contributed by atoms with van der Waals surface area (Å²) in [6.07, 6.45) is 0.413. The van der Waals surface area contributed by atoms with Gasteiger partial charge in [0, 0.05) is 23.1 Å². The van der Waals surface area contributed by atoms with Crippen LogP contribution in [0.15, 0.2) is 24.3 Å². The van der Waals surface area contributed by atoms with Crippen molar-refractivity contribution in [3.05, 3.63) is 35.5 Å². The Labute approximate surface area is 116 Å². The van der Waals surface area contributed by atoms with Gasteiger partial charge in [-0.15, -0.1) is 0 Å². The van der Waals surface area contributed by atoms with Gasteiger partial charge in [0.05, 0.1) is 18.7 Å². The van der Waals surface area contributed by atoms with Gasteiger partial charge in [0.15, 0.2) is 0 Å². The predicted octanol–water partition coefficient (Wildman–Crippen LogP) is 1.05. The van der Waals surface area contributed by atoms with E-state index in [0.717, 1.165) is 16.6 Å². The number of likely N-dealkylation sites (tertiary alicyclic amines) is 1. The molecular formula is C15H18N2O3. The van der Waals surface area contributed by atoms with Gasteiger partial charge in [-0.1, -0.05) is 18.2 Å². The number of rotatable bonds is 2. The Bertz CT molecular complexity index is 664. The highest BCUT2D eigenvalue weighted by atomic mass is 16.3. The summed E-state index contributed by atoms with van der Waals surface area (Å²) < 4.78 is 0. The highest BCUT2D eigenvalue weighted by Crippen LogP contribution is 2.27. The molecule has 3 N–H and O–H groups in total. The number of β-amino-alcohol motifs (C(OH)–C–C–N with tert-alkyl or cyclic N) is 1. The van der Waals surface area contributed by atoms with E-state index >= 15 is 0 Å². The molecule has 5 heteroatoms. The van der Waals surface area contributed by atoms with E-state index in [4.69, 9.17) is 0 Å². The van der Waals surface area contributed by atoms with E-state index in [1.165, 1.54) is 0 Å². The van der Waals surface area contributed by atoms with Crippen LogP contribution in [-0.4, -0.2) is 51.3 Å². The fourth-order valence-corrected chi connectivity index (χ4v) is 2.87. The van der Waals surface area contributed by atoms with Gasteiger partial charge in [0.2, 0.25) is 0 Å². The summed E-state index contributed by atoms with van der Waals surface area (Å²) in [4.78, 5) is 17.5. The lowest BCUT2D eigenvalue weighted by Gasteiger charge is -2.21. The van der Waals surface area contributed by atoms with Crippen LogP contribution < -0.4 is 0 Å². The third kappa shape index (κ3) is 1.99. The summed E-state index contributed by atoms with van der Waals surface area (Å²) in [5.74, 6) is -0.0932. The number of hydrogen-bond donors (Lipinski definition) is 3. The van der Waals surface area contributed by atoms with Crippen LogP contribution in [-0.2, 0) is 0 Å². The smallest absolute Gasteiger partial charge is 0.256 e. The first kappa shape index (κ1) is 13.1. The minimum atomic E-state index is -1.16. The second kappa shape index (κ2) is 4.61. The summed E-state index contributed by atoms with van der Waals surface area (Å²) >= 11 is 0. The molecule has 1 saturated heterocycles. The van der Waals surface area contributed by atoms with Crippen molar-refractivity contribution >= 4 is 16.8 Å². The van der Waals surface area contributed by atoms with E-state index in [9.17, 15) is 15.0 Å². The molecule has 0 radical (unpaired) electrons. The number of benzene rings is 1. The number of aryl methyl sites for hydroxylation is 1. The molecular weight excluding hydrogens is 256 g/mol. The van der Waals surface area contributed by atoms with E-state index in [1.807, 2.05) is 31.2 Å². The molecule has 1 unspecified atom stereocenters. The lowest BCUT2D eigenvalue weighted by atomic mass is 10.1.